The Morgan fingerprint density at radius 2 is 1.76 bits per heavy atom. The van der Waals surface area contributed by atoms with E-state index < -0.39 is 0 Å². The minimum Gasteiger partial charge on any atom is -0.410 e. The van der Waals surface area contributed by atoms with Gasteiger partial charge in [-0.25, -0.2) is 0 Å². The van der Waals surface area contributed by atoms with Crippen LogP contribution in [0.3, 0.4) is 0 Å². The summed E-state index contributed by atoms with van der Waals surface area (Å²) >= 11 is 0. The van der Waals surface area contributed by atoms with Crippen LogP contribution in [0.4, 0.5) is 0 Å². The summed E-state index contributed by atoms with van der Waals surface area (Å²) in [6.07, 6.45) is 5.25. The van der Waals surface area contributed by atoms with Gasteiger partial charge in [0.1, 0.15) is 0 Å². The van der Waals surface area contributed by atoms with Crippen LogP contribution in [-0.2, 0) is 4.79 Å². The fourth-order valence-electron chi connectivity index (χ4n) is 2.40. The number of nitrogens with zero attached hydrogens (tertiary/aromatic N) is 1. The van der Waals surface area contributed by atoms with Crippen molar-refractivity contribution in [3.05, 3.63) is 35.9 Å². The molecule has 1 aliphatic carbocycles. The van der Waals surface area contributed by atoms with Crippen molar-refractivity contribution in [2.24, 2.45) is 11.1 Å². The number of Topliss-reactive ketones (excluding diaryl/α,β-unsaturated/α-hetero) is 1. The van der Waals surface area contributed by atoms with Crippen LogP contribution in [0.1, 0.15) is 37.7 Å². The Morgan fingerprint density at radius 1 is 1.12 bits per heavy atom. The van der Waals surface area contributed by atoms with E-state index in [4.69, 9.17) is 5.21 Å². The van der Waals surface area contributed by atoms with Gasteiger partial charge in [0.2, 0.25) is 0 Å². The molecule has 1 fully saturated rings. The molecule has 1 aromatic carbocycles. The third-order valence-corrected chi connectivity index (χ3v) is 3.36. The first kappa shape index (κ1) is 11.8. The molecule has 0 saturated heterocycles. The van der Waals surface area contributed by atoms with E-state index >= 15 is 0 Å². The van der Waals surface area contributed by atoms with Gasteiger partial charge in [0.05, 0.1) is 0 Å². The molecule has 0 aromatic heterocycles. The fraction of sp³-hybridized carbons (Fsp3) is 0.429. The van der Waals surface area contributed by atoms with Crippen LogP contribution in [0.15, 0.2) is 35.5 Å². The average Bonchev–Trinajstić information content (AvgIpc) is 2.42. The Morgan fingerprint density at radius 3 is 2.35 bits per heavy atom. The summed E-state index contributed by atoms with van der Waals surface area (Å²) in [6.45, 7) is 0. The molecular formula is C14H17NO2. The smallest absolute Gasteiger partial charge is 0.188 e. The second kappa shape index (κ2) is 5.62. The molecule has 0 bridgehead atoms. The van der Waals surface area contributed by atoms with E-state index in [-0.39, 0.29) is 17.4 Å². The first-order valence-electron chi connectivity index (χ1n) is 6.14. The van der Waals surface area contributed by atoms with E-state index in [0.29, 0.717) is 5.56 Å². The lowest BCUT2D eigenvalue weighted by atomic mass is 9.83. The Balaban J connectivity index is 2.16. The van der Waals surface area contributed by atoms with E-state index in [2.05, 4.69) is 5.16 Å². The van der Waals surface area contributed by atoms with Crippen molar-refractivity contribution in [1.29, 1.82) is 0 Å². The number of carbonyl (C=O) groups excluding carboxylic acids is 1. The number of ketones is 1. The highest BCUT2D eigenvalue weighted by Gasteiger charge is 2.26. The molecular weight excluding hydrogens is 214 g/mol. The highest BCUT2D eigenvalue weighted by Crippen LogP contribution is 2.25. The lowest BCUT2D eigenvalue weighted by Crippen LogP contribution is -2.26. The Labute approximate surface area is 101 Å². The predicted molar refractivity (Wildman–Crippen MR) is 66.3 cm³/mol. The van der Waals surface area contributed by atoms with Crippen LogP contribution in [0.2, 0.25) is 0 Å². The Kier molecular flexibility index (Phi) is 3.91. The highest BCUT2D eigenvalue weighted by molar-refractivity contribution is 6.46. The maximum absolute atomic E-state index is 12.2. The molecule has 3 nitrogen and oxygen atoms in total. The Hall–Kier alpha value is -1.64. The van der Waals surface area contributed by atoms with Crippen LogP contribution in [0, 0.1) is 5.92 Å². The number of oxime groups is 1. The molecule has 0 heterocycles. The van der Waals surface area contributed by atoms with E-state index in [0.717, 1.165) is 25.7 Å². The summed E-state index contributed by atoms with van der Waals surface area (Å²) < 4.78 is 0. The van der Waals surface area contributed by atoms with Gasteiger partial charge in [-0.2, -0.15) is 0 Å². The van der Waals surface area contributed by atoms with E-state index in [1.807, 2.05) is 18.2 Å². The maximum atomic E-state index is 12.2. The third kappa shape index (κ3) is 2.73. The van der Waals surface area contributed by atoms with Crippen LogP contribution >= 0.6 is 0 Å². The summed E-state index contributed by atoms with van der Waals surface area (Å²) in [5.41, 5.74) is 0.906. The van der Waals surface area contributed by atoms with Crippen molar-refractivity contribution >= 4 is 11.5 Å². The summed E-state index contributed by atoms with van der Waals surface area (Å²) in [6, 6.07) is 9.17. The van der Waals surface area contributed by atoms with Crippen molar-refractivity contribution < 1.29 is 10.0 Å². The number of carbonyl (C=O) groups is 1. The molecule has 2 rings (SSSR count). The molecule has 0 aliphatic heterocycles. The van der Waals surface area contributed by atoms with Gasteiger partial charge < -0.3 is 5.21 Å². The monoisotopic (exact) mass is 231 g/mol. The summed E-state index contributed by atoms with van der Waals surface area (Å²) in [5.74, 6) is 0.0215. The van der Waals surface area contributed by atoms with E-state index in [1.165, 1.54) is 6.42 Å². The number of hydrogen-bond acceptors (Lipinski definition) is 3. The predicted octanol–water partition coefficient (Wildman–Crippen LogP) is 3.01. The standard InChI is InChI=1S/C14H17NO2/c16-14(12-9-5-2-6-10-12)13(15-17)11-7-3-1-4-8-11/h1,3-4,7-8,12,17H,2,5-6,9-10H2. The Bertz CT molecular complexity index is 405. The zero-order valence-corrected chi connectivity index (χ0v) is 9.80. The fourth-order valence-corrected chi connectivity index (χ4v) is 2.40. The second-order valence-electron chi connectivity index (χ2n) is 4.51. The van der Waals surface area contributed by atoms with Crippen molar-refractivity contribution in [3.63, 3.8) is 0 Å². The molecule has 1 aliphatic rings. The third-order valence-electron chi connectivity index (χ3n) is 3.36. The molecule has 1 aromatic rings. The zero-order valence-electron chi connectivity index (χ0n) is 9.80. The van der Waals surface area contributed by atoms with Gasteiger partial charge in [-0.15, -0.1) is 0 Å². The quantitative estimate of drug-likeness (QED) is 0.494. The highest BCUT2D eigenvalue weighted by atomic mass is 16.4. The summed E-state index contributed by atoms with van der Waals surface area (Å²) in [4.78, 5) is 12.2. The molecule has 0 amide bonds. The molecule has 0 spiro atoms. The zero-order chi connectivity index (χ0) is 12.1. The van der Waals surface area contributed by atoms with Crippen LogP contribution in [0.25, 0.3) is 0 Å². The SMILES string of the molecule is O=C(C(=NO)c1ccccc1)C1CCCCC1. The van der Waals surface area contributed by atoms with Crippen LogP contribution in [0.5, 0.6) is 0 Å². The van der Waals surface area contributed by atoms with Crippen LogP contribution < -0.4 is 0 Å². The van der Waals surface area contributed by atoms with Gasteiger partial charge >= 0.3 is 0 Å². The van der Waals surface area contributed by atoms with Crippen molar-refractivity contribution in [1.82, 2.24) is 0 Å². The first-order chi connectivity index (χ1) is 8.33. The van der Waals surface area contributed by atoms with Gasteiger partial charge in [0, 0.05) is 11.5 Å². The number of rotatable bonds is 3. The summed E-state index contributed by atoms with van der Waals surface area (Å²) in [5, 5.41) is 12.2. The molecule has 3 heteroatoms. The molecule has 1 saturated carbocycles. The van der Waals surface area contributed by atoms with Crippen molar-refractivity contribution in [2.45, 2.75) is 32.1 Å². The van der Waals surface area contributed by atoms with Gasteiger partial charge in [-0.3, -0.25) is 4.79 Å². The summed E-state index contributed by atoms with van der Waals surface area (Å²) in [7, 11) is 0. The largest absolute Gasteiger partial charge is 0.410 e. The second-order valence-corrected chi connectivity index (χ2v) is 4.51. The van der Waals surface area contributed by atoms with E-state index in [1.54, 1.807) is 12.1 Å². The first-order valence-corrected chi connectivity index (χ1v) is 6.14. The van der Waals surface area contributed by atoms with Gasteiger partial charge in [0.15, 0.2) is 11.5 Å². The molecule has 0 atom stereocenters. The normalized spacial score (nSPS) is 18.0. The minimum atomic E-state index is -0.0154. The van der Waals surface area contributed by atoms with Gasteiger partial charge in [-0.05, 0) is 12.8 Å². The van der Waals surface area contributed by atoms with E-state index in [9.17, 15) is 4.79 Å². The lowest BCUT2D eigenvalue weighted by Gasteiger charge is -2.20. The number of hydrogen-bond donors (Lipinski definition) is 1. The molecule has 0 unspecified atom stereocenters. The average molecular weight is 231 g/mol. The van der Waals surface area contributed by atoms with Gasteiger partial charge in [0.25, 0.3) is 0 Å². The minimum absolute atomic E-state index is 0.0154. The topological polar surface area (TPSA) is 49.7 Å². The molecule has 0 radical (unpaired) electrons. The molecule has 1 N–H and O–H groups in total. The lowest BCUT2D eigenvalue weighted by molar-refractivity contribution is -0.117. The van der Waals surface area contributed by atoms with Crippen molar-refractivity contribution in [3.8, 4) is 0 Å². The van der Waals surface area contributed by atoms with Crippen molar-refractivity contribution in [2.75, 3.05) is 0 Å². The number of benzene rings is 1. The molecule has 17 heavy (non-hydrogen) atoms. The molecule has 90 valence electrons. The maximum Gasteiger partial charge on any atom is 0.188 e. The van der Waals surface area contributed by atoms with Crippen LogP contribution in [-0.4, -0.2) is 16.7 Å². The van der Waals surface area contributed by atoms with Gasteiger partial charge in [-0.1, -0.05) is 54.8 Å².